The van der Waals surface area contributed by atoms with Gasteiger partial charge in [-0.2, -0.15) is 0 Å². The smallest absolute Gasteiger partial charge is 0.262 e. The number of anilines is 2. The molecule has 1 saturated heterocycles. The van der Waals surface area contributed by atoms with E-state index in [1.54, 1.807) is 18.2 Å². The average Bonchev–Trinajstić information content (AvgIpc) is 3.27. The van der Waals surface area contributed by atoms with E-state index < -0.39 is 15.8 Å². The molecule has 0 amide bonds. The largest absolute Gasteiger partial charge is 0.495 e. The number of piperazine rings is 1. The van der Waals surface area contributed by atoms with Crippen molar-refractivity contribution < 1.29 is 17.5 Å². The van der Waals surface area contributed by atoms with Gasteiger partial charge < -0.3 is 15.0 Å². The zero-order valence-corrected chi connectivity index (χ0v) is 19.8. The van der Waals surface area contributed by atoms with Crippen LogP contribution >= 0.6 is 11.3 Å². The monoisotopic (exact) mass is 475 g/mol. The van der Waals surface area contributed by atoms with Gasteiger partial charge in [0.25, 0.3) is 10.0 Å². The Morgan fingerprint density at radius 3 is 2.50 bits per heavy atom. The molecule has 3 aromatic rings. The zero-order chi connectivity index (χ0) is 22.9. The van der Waals surface area contributed by atoms with Crippen molar-refractivity contribution in [1.82, 2.24) is 5.32 Å². The number of thiophene rings is 1. The summed E-state index contributed by atoms with van der Waals surface area (Å²) in [6.45, 7) is 5.84. The van der Waals surface area contributed by atoms with E-state index in [1.807, 2.05) is 17.5 Å². The third-order valence-corrected chi connectivity index (χ3v) is 7.65. The van der Waals surface area contributed by atoms with E-state index >= 15 is 0 Å². The van der Waals surface area contributed by atoms with E-state index in [4.69, 9.17) is 4.74 Å². The van der Waals surface area contributed by atoms with Gasteiger partial charge in [-0.3, -0.25) is 4.72 Å². The fourth-order valence-corrected chi connectivity index (χ4v) is 5.83. The van der Waals surface area contributed by atoms with Crippen molar-refractivity contribution in [3.63, 3.8) is 0 Å². The lowest BCUT2D eigenvalue weighted by Crippen LogP contribution is -2.54. The summed E-state index contributed by atoms with van der Waals surface area (Å²) in [5.74, 6) is -0.191. The third kappa shape index (κ3) is 4.74. The summed E-state index contributed by atoms with van der Waals surface area (Å²) in [6, 6.07) is 13.6. The molecular weight excluding hydrogens is 449 g/mol. The lowest BCUT2D eigenvalue weighted by Gasteiger charge is -2.38. The van der Waals surface area contributed by atoms with Gasteiger partial charge in [0.15, 0.2) is 0 Å². The molecular formula is C23H26FN3O3S2. The summed E-state index contributed by atoms with van der Waals surface area (Å²) in [7, 11) is -2.54. The van der Waals surface area contributed by atoms with E-state index in [1.165, 1.54) is 30.6 Å². The van der Waals surface area contributed by atoms with Crippen molar-refractivity contribution in [2.75, 3.05) is 29.8 Å². The van der Waals surface area contributed by atoms with Crippen LogP contribution in [0.25, 0.3) is 10.4 Å². The fraction of sp³-hybridized carbons (Fsp3) is 0.304. The summed E-state index contributed by atoms with van der Waals surface area (Å²) in [5, 5.41) is 5.33. The van der Waals surface area contributed by atoms with Gasteiger partial charge >= 0.3 is 0 Å². The first-order chi connectivity index (χ1) is 15.3. The SMILES string of the molecule is COc1ccc(N2CC(C)NC(C)C2)cc1NS(=O)(=O)c1ccc(-c2cccs2)c(F)c1. The highest BCUT2D eigenvalue weighted by Gasteiger charge is 2.24. The molecule has 2 atom stereocenters. The summed E-state index contributed by atoms with van der Waals surface area (Å²) in [4.78, 5) is 2.80. The molecule has 1 aliphatic rings. The van der Waals surface area contributed by atoms with Gasteiger partial charge in [0.1, 0.15) is 11.6 Å². The molecule has 4 rings (SSSR count). The Hall–Kier alpha value is -2.62. The summed E-state index contributed by atoms with van der Waals surface area (Å²) in [5.41, 5.74) is 1.58. The minimum Gasteiger partial charge on any atom is -0.495 e. The van der Waals surface area contributed by atoms with Crippen LogP contribution in [0.1, 0.15) is 13.8 Å². The average molecular weight is 476 g/mol. The Kier molecular flexibility index (Phi) is 6.41. The van der Waals surface area contributed by atoms with Crippen molar-refractivity contribution >= 4 is 32.7 Å². The Morgan fingerprint density at radius 1 is 1.12 bits per heavy atom. The summed E-state index contributed by atoms with van der Waals surface area (Å²) < 4.78 is 48.8. The fourth-order valence-electron chi connectivity index (χ4n) is 4.01. The van der Waals surface area contributed by atoms with Crippen LogP contribution in [0.4, 0.5) is 15.8 Å². The molecule has 2 aromatic carbocycles. The predicted octanol–water partition coefficient (Wildman–Crippen LogP) is 4.55. The number of nitrogens with one attached hydrogen (secondary N) is 2. The van der Waals surface area contributed by atoms with Crippen molar-refractivity contribution in [3.05, 3.63) is 59.7 Å². The molecule has 1 fully saturated rings. The van der Waals surface area contributed by atoms with Gasteiger partial charge in [-0.1, -0.05) is 6.07 Å². The van der Waals surface area contributed by atoms with Gasteiger partial charge in [0.05, 0.1) is 17.7 Å². The van der Waals surface area contributed by atoms with E-state index in [-0.39, 0.29) is 4.90 Å². The van der Waals surface area contributed by atoms with Crippen molar-refractivity contribution in [1.29, 1.82) is 0 Å². The standard InChI is InChI=1S/C23H26FN3O3S2/c1-15-13-27(14-16(2)25-15)17-6-9-22(30-3)21(11-17)26-32(28,29)18-7-8-19(20(24)12-18)23-5-4-10-31-23/h4-12,15-16,25-26H,13-14H2,1-3H3. The quantitative estimate of drug-likeness (QED) is 0.547. The maximum Gasteiger partial charge on any atom is 0.262 e. The Morgan fingerprint density at radius 2 is 1.88 bits per heavy atom. The second kappa shape index (κ2) is 9.09. The van der Waals surface area contributed by atoms with Gasteiger partial charge in [-0.15, -0.1) is 11.3 Å². The molecule has 170 valence electrons. The number of rotatable bonds is 6. The normalized spacial score (nSPS) is 19.1. The number of halogens is 1. The molecule has 1 aliphatic heterocycles. The number of sulfonamides is 1. The highest BCUT2D eigenvalue weighted by Crippen LogP contribution is 2.33. The Bertz CT molecular complexity index is 1190. The maximum absolute atomic E-state index is 14.7. The molecule has 2 heterocycles. The number of hydrogen-bond donors (Lipinski definition) is 2. The molecule has 0 aliphatic carbocycles. The molecule has 9 heteroatoms. The number of hydrogen-bond acceptors (Lipinski definition) is 6. The molecule has 32 heavy (non-hydrogen) atoms. The second-order valence-corrected chi connectivity index (χ2v) is 10.6. The van der Waals surface area contributed by atoms with Crippen LogP contribution in [-0.4, -0.2) is 40.7 Å². The van der Waals surface area contributed by atoms with Crippen LogP contribution in [0.5, 0.6) is 5.75 Å². The predicted molar refractivity (Wildman–Crippen MR) is 128 cm³/mol. The Balaban J connectivity index is 1.63. The first kappa shape index (κ1) is 22.6. The van der Waals surface area contributed by atoms with Gasteiger partial charge in [0.2, 0.25) is 0 Å². The van der Waals surface area contributed by atoms with Crippen LogP contribution in [0.3, 0.4) is 0 Å². The molecule has 0 spiro atoms. The number of ether oxygens (including phenoxy) is 1. The van der Waals surface area contributed by atoms with Crippen LogP contribution in [-0.2, 0) is 10.0 Å². The van der Waals surface area contributed by atoms with E-state index in [2.05, 4.69) is 28.8 Å². The highest BCUT2D eigenvalue weighted by molar-refractivity contribution is 7.92. The summed E-state index contributed by atoms with van der Waals surface area (Å²) in [6.07, 6.45) is 0. The lowest BCUT2D eigenvalue weighted by atomic mass is 10.1. The van der Waals surface area contributed by atoms with Crippen molar-refractivity contribution in [2.24, 2.45) is 0 Å². The lowest BCUT2D eigenvalue weighted by molar-refractivity contribution is 0.406. The number of benzene rings is 2. The van der Waals surface area contributed by atoms with Crippen LogP contribution in [0.15, 0.2) is 58.8 Å². The molecule has 2 N–H and O–H groups in total. The zero-order valence-electron chi connectivity index (χ0n) is 18.1. The molecule has 0 bridgehead atoms. The minimum atomic E-state index is -4.02. The van der Waals surface area contributed by atoms with E-state index in [0.717, 1.165) is 29.7 Å². The first-order valence-corrected chi connectivity index (χ1v) is 12.7. The first-order valence-electron chi connectivity index (χ1n) is 10.3. The number of methoxy groups -OCH3 is 1. The maximum atomic E-state index is 14.7. The van der Waals surface area contributed by atoms with Crippen molar-refractivity contribution in [2.45, 2.75) is 30.8 Å². The van der Waals surface area contributed by atoms with E-state index in [9.17, 15) is 12.8 Å². The van der Waals surface area contributed by atoms with E-state index in [0.29, 0.717) is 29.1 Å². The summed E-state index contributed by atoms with van der Waals surface area (Å²) >= 11 is 1.40. The molecule has 0 radical (unpaired) electrons. The minimum absolute atomic E-state index is 0.146. The highest BCUT2D eigenvalue weighted by atomic mass is 32.2. The molecule has 2 unspecified atom stereocenters. The van der Waals surface area contributed by atoms with Gasteiger partial charge in [0, 0.05) is 41.3 Å². The Labute approximate surface area is 192 Å². The molecule has 1 aromatic heterocycles. The topological polar surface area (TPSA) is 70.7 Å². The number of nitrogens with zero attached hydrogens (tertiary/aromatic N) is 1. The third-order valence-electron chi connectivity index (χ3n) is 5.39. The van der Waals surface area contributed by atoms with Crippen LogP contribution in [0, 0.1) is 5.82 Å². The molecule has 0 saturated carbocycles. The van der Waals surface area contributed by atoms with Crippen LogP contribution in [0.2, 0.25) is 0 Å². The second-order valence-electron chi connectivity index (χ2n) is 7.98. The van der Waals surface area contributed by atoms with Gasteiger partial charge in [-0.25, -0.2) is 12.8 Å². The van der Waals surface area contributed by atoms with Gasteiger partial charge in [-0.05, 0) is 61.7 Å². The van der Waals surface area contributed by atoms with Crippen LogP contribution < -0.4 is 19.7 Å². The van der Waals surface area contributed by atoms with Crippen molar-refractivity contribution in [3.8, 4) is 16.2 Å². The molecule has 6 nitrogen and oxygen atoms in total.